The van der Waals surface area contributed by atoms with Gasteiger partial charge < -0.3 is 15.0 Å². The summed E-state index contributed by atoms with van der Waals surface area (Å²) in [4.78, 5) is 8.08. The van der Waals surface area contributed by atoms with E-state index in [9.17, 15) is 0 Å². The second-order valence-electron chi connectivity index (χ2n) is 5.00. The zero-order valence-electron chi connectivity index (χ0n) is 11.5. The van der Waals surface area contributed by atoms with Gasteiger partial charge in [-0.15, -0.1) is 11.3 Å². The van der Waals surface area contributed by atoms with Crippen LogP contribution in [0.5, 0.6) is 0 Å². The van der Waals surface area contributed by atoms with Crippen LogP contribution in [0.3, 0.4) is 0 Å². The van der Waals surface area contributed by atoms with Crippen LogP contribution in [0.1, 0.15) is 32.1 Å². The summed E-state index contributed by atoms with van der Waals surface area (Å²) in [5.41, 5.74) is 0.138. The fraction of sp³-hybridized carbons (Fsp3) is 0.769. The minimum Gasteiger partial charge on any atom is -0.379 e. The molecule has 18 heavy (non-hydrogen) atoms. The first-order valence-electron chi connectivity index (χ1n) is 6.69. The lowest BCUT2D eigenvalue weighted by Gasteiger charge is -2.23. The Labute approximate surface area is 113 Å². The van der Waals surface area contributed by atoms with E-state index < -0.39 is 0 Å². The molecule has 1 saturated heterocycles. The molecular weight excluding hydrogens is 246 g/mol. The molecule has 0 spiro atoms. The van der Waals surface area contributed by atoms with Crippen LogP contribution in [0.25, 0.3) is 0 Å². The van der Waals surface area contributed by atoms with Crippen LogP contribution in [-0.4, -0.2) is 36.8 Å². The van der Waals surface area contributed by atoms with Crippen molar-refractivity contribution in [3.8, 4) is 0 Å². The Bertz CT molecular complexity index is 370. The molecule has 1 aliphatic rings. The lowest BCUT2D eigenvalue weighted by atomic mass is 10.0. The standard InChI is InChI=1S/C13H23N3OS/c1-4-16(5-2)12-14-8-11(18-12)9-15-13(3)6-7-17-10-13/h8,15H,4-7,9-10H2,1-3H3. The first-order chi connectivity index (χ1) is 8.67. The normalized spacial score (nSPS) is 23.5. The predicted octanol–water partition coefficient (Wildman–Crippen LogP) is 2.26. The molecule has 0 bridgehead atoms. The van der Waals surface area contributed by atoms with Crippen molar-refractivity contribution in [2.24, 2.45) is 0 Å². The molecule has 1 aromatic rings. The highest BCUT2D eigenvalue weighted by molar-refractivity contribution is 7.15. The van der Waals surface area contributed by atoms with Gasteiger partial charge in [-0.1, -0.05) is 0 Å². The third-order valence-corrected chi connectivity index (χ3v) is 4.54. The van der Waals surface area contributed by atoms with E-state index in [4.69, 9.17) is 4.74 Å². The van der Waals surface area contributed by atoms with Crippen molar-refractivity contribution in [1.29, 1.82) is 0 Å². The maximum Gasteiger partial charge on any atom is 0.185 e. The van der Waals surface area contributed by atoms with E-state index in [1.807, 2.05) is 6.20 Å². The summed E-state index contributed by atoms with van der Waals surface area (Å²) in [7, 11) is 0. The van der Waals surface area contributed by atoms with Crippen molar-refractivity contribution < 1.29 is 4.74 Å². The Balaban J connectivity index is 1.90. The van der Waals surface area contributed by atoms with Crippen molar-refractivity contribution in [3.63, 3.8) is 0 Å². The molecule has 0 aromatic carbocycles. The molecule has 4 nitrogen and oxygen atoms in total. The van der Waals surface area contributed by atoms with E-state index in [-0.39, 0.29) is 5.54 Å². The van der Waals surface area contributed by atoms with Crippen LogP contribution in [-0.2, 0) is 11.3 Å². The maximum atomic E-state index is 5.44. The Kier molecular flexibility index (Phi) is 4.59. The second kappa shape index (κ2) is 5.99. The number of hydrogen-bond acceptors (Lipinski definition) is 5. The van der Waals surface area contributed by atoms with Gasteiger partial charge in [0.2, 0.25) is 0 Å². The predicted molar refractivity (Wildman–Crippen MR) is 76.4 cm³/mol. The van der Waals surface area contributed by atoms with Crippen molar-refractivity contribution in [1.82, 2.24) is 10.3 Å². The highest BCUT2D eigenvalue weighted by atomic mass is 32.1. The number of hydrogen-bond donors (Lipinski definition) is 1. The summed E-state index contributed by atoms with van der Waals surface area (Å²) >= 11 is 1.78. The van der Waals surface area contributed by atoms with Gasteiger partial charge in [-0.05, 0) is 27.2 Å². The van der Waals surface area contributed by atoms with Crippen LogP contribution >= 0.6 is 11.3 Å². The fourth-order valence-corrected chi connectivity index (χ4v) is 3.10. The van der Waals surface area contributed by atoms with Gasteiger partial charge in [-0.3, -0.25) is 0 Å². The number of ether oxygens (including phenoxy) is 1. The molecule has 2 rings (SSSR count). The minimum absolute atomic E-state index is 0.138. The topological polar surface area (TPSA) is 37.4 Å². The lowest BCUT2D eigenvalue weighted by Crippen LogP contribution is -2.42. The van der Waals surface area contributed by atoms with Crippen LogP contribution < -0.4 is 10.2 Å². The van der Waals surface area contributed by atoms with E-state index in [1.54, 1.807) is 11.3 Å². The number of aromatic nitrogens is 1. The number of rotatable bonds is 6. The Morgan fingerprint density at radius 2 is 2.28 bits per heavy atom. The number of nitrogens with one attached hydrogen (secondary N) is 1. The summed E-state index contributed by atoms with van der Waals surface area (Å²) in [5, 5.41) is 4.72. The largest absolute Gasteiger partial charge is 0.379 e. The summed E-state index contributed by atoms with van der Waals surface area (Å²) in [5.74, 6) is 0. The van der Waals surface area contributed by atoms with Crippen molar-refractivity contribution in [2.45, 2.75) is 39.3 Å². The molecule has 1 aromatic heterocycles. The number of anilines is 1. The molecule has 1 N–H and O–H groups in total. The molecule has 2 heterocycles. The van der Waals surface area contributed by atoms with Crippen molar-refractivity contribution in [2.75, 3.05) is 31.2 Å². The third-order valence-electron chi connectivity index (χ3n) is 3.48. The lowest BCUT2D eigenvalue weighted by molar-refractivity contribution is 0.171. The summed E-state index contributed by atoms with van der Waals surface area (Å²) in [6, 6.07) is 0. The van der Waals surface area contributed by atoms with E-state index in [2.05, 4.69) is 36.0 Å². The third kappa shape index (κ3) is 3.22. The van der Waals surface area contributed by atoms with E-state index in [0.29, 0.717) is 0 Å². The number of thiazole rings is 1. The highest BCUT2D eigenvalue weighted by Gasteiger charge is 2.28. The molecule has 1 unspecified atom stereocenters. The molecule has 0 aliphatic carbocycles. The van der Waals surface area contributed by atoms with Gasteiger partial charge in [-0.25, -0.2) is 4.98 Å². The quantitative estimate of drug-likeness (QED) is 0.859. The van der Waals surface area contributed by atoms with Crippen molar-refractivity contribution >= 4 is 16.5 Å². The van der Waals surface area contributed by atoms with Crippen LogP contribution in [0.2, 0.25) is 0 Å². The van der Waals surface area contributed by atoms with Crippen LogP contribution in [0.4, 0.5) is 5.13 Å². The van der Waals surface area contributed by atoms with Gasteiger partial charge in [0.1, 0.15) is 0 Å². The van der Waals surface area contributed by atoms with Gasteiger partial charge >= 0.3 is 0 Å². The van der Waals surface area contributed by atoms with Gasteiger partial charge in [-0.2, -0.15) is 0 Å². The molecular formula is C13H23N3OS. The fourth-order valence-electron chi connectivity index (χ4n) is 2.13. The Morgan fingerprint density at radius 3 is 2.89 bits per heavy atom. The van der Waals surface area contributed by atoms with Gasteiger partial charge in [0.05, 0.1) is 6.61 Å². The van der Waals surface area contributed by atoms with E-state index in [0.717, 1.165) is 44.4 Å². The van der Waals surface area contributed by atoms with Crippen LogP contribution in [0, 0.1) is 0 Å². The molecule has 0 saturated carbocycles. The smallest absolute Gasteiger partial charge is 0.185 e. The molecule has 1 fully saturated rings. The summed E-state index contributed by atoms with van der Waals surface area (Å²) in [6.45, 7) is 11.2. The van der Waals surface area contributed by atoms with E-state index in [1.165, 1.54) is 4.88 Å². The molecule has 5 heteroatoms. The summed E-state index contributed by atoms with van der Waals surface area (Å²) in [6.07, 6.45) is 3.08. The average Bonchev–Trinajstić information content (AvgIpc) is 2.99. The van der Waals surface area contributed by atoms with Gasteiger partial charge in [0.25, 0.3) is 0 Å². The molecule has 0 radical (unpaired) electrons. The molecule has 102 valence electrons. The zero-order valence-corrected chi connectivity index (χ0v) is 12.3. The second-order valence-corrected chi connectivity index (χ2v) is 6.09. The monoisotopic (exact) mass is 269 g/mol. The van der Waals surface area contributed by atoms with Crippen molar-refractivity contribution in [3.05, 3.63) is 11.1 Å². The summed E-state index contributed by atoms with van der Waals surface area (Å²) < 4.78 is 5.44. The first kappa shape index (κ1) is 13.8. The van der Waals surface area contributed by atoms with Gasteiger partial charge in [0, 0.05) is 42.9 Å². The van der Waals surface area contributed by atoms with Crippen LogP contribution in [0.15, 0.2) is 6.20 Å². The van der Waals surface area contributed by atoms with E-state index >= 15 is 0 Å². The zero-order chi connectivity index (χ0) is 13.0. The minimum atomic E-state index is 0.138. The molecule has 1 atom stereocenters. The number of nitrogens with zero attached hydrogens (tertiary/aromatic N) is 2. The average molecular weight is 269 g/mol. The Hall–Kier alpha value is -0.650. The molecule has 1 aliphatic heterocycles. The highest BCUT2D eigenvalue weighted by Crippen LogP contribution is 2.24. The van der Waals surface area contributed by atoms with Gasteiger partial charge in [0.15, 0.2) is 5.13 Å². The SMILES string of the molecule is CCN(CC)c1ncc(CNC2(C)CCOC2)s1. The maximum absolute atomic E-state index is 5.44. The first-order valence-corrected chi connectivity index (χ1v) is 7.51. The molecule has 0 amide bonds. The Morgan fingerprint density at radius 1 is 1.50 bits per heavy atom.